The van der Waals surface area contributed by atoms with Crippen molar-refractivity contribution in [1.82, 2.24) is 10.4 Å². The first-order valence-electron chi connectivity index (χ1n) is 5.14. The predicted molar refractivity (Wildman–Crippen MR) is 64.8 cm³/mol. The zero-order valence-electron chi connectivity index (χ0n) is 9.20. The van der Waals surface area contributed by atoms with Crippen molar-refractivity contribution < 1.29 is 8.78 Å². The number of halogens is 3. The van der Waals surface area contributed by atoms with Crippen LogP contribution < -0.4 is 11.3 Å². The molecule has 94 valence electrons. The van der Waals surface area contributed by atoms with E-state index in [0.29, 0.717) is 10.7 Å². The number of hydrogen-bond acceptors (Lipinski definition) is 3. The van der Waals surface area contributed by atoms with Crippen LogP contribution in [0.3, 0.4) is 0 Å². The Balaban J connectivity index is 2.44. The molecule has 0 spiro atoms. The van der Waals surface area contributed by atoms with Crippen molar-refractivity contribution in [3.63, 3.8) is 0 Å². The fourth-order valence-electron chi connectivity index (χ4n) is 1.66. The number of aromatic nitrogens is 1. The zero-order chi connectivity index (χ0) is 13.1. The number of pyridine rings is 1. The first kappa shape index (κ1) is 12.9. The molecule has 0 fully saturated rings. The maximum atomic E-state index is 13.7. The van der Waals surface area contributed by atoms with Crippen molar-refractivity contribution in [1.29, 1.82) is 0 Å². The van der Waals surface area contributed by atoms with Crippen LogP contribution in [-0.4, -0.2) is 4.98 Å². The highest BCUT2D eigenvalue weighted by molar-refractivity contribution is 6.29. The second-order valence-corrected chi connectivity index (χ2v) is 4.07. The van der Waals surface area contributed by atoms with E-state index in [-0.39, 0.29) is 5.56 Å². The normalized spacial score (nSPS) is 12.4. The molecule has 0 bridgehead atoms. The average Bonchev–Trinajstić information content (AvgIpc) is 2.37. The molecule has 0 aliphatic carbocycles. The van der Waals surface area contributed by atoms with Crippen LogP contribution in [0.4, 0.5) is 8.78 Å². The highest BCUT2D eigenvalue weighted by Crippen LogP contribution is 2.24. The Morgan fingerprint density at radius 2 is 2.00 bits per heavy atom. The van der Waals surface area contributed by atoms with Gasteiger partial charge in [0.15, 0.2) is 0 Å². The van der Waals surface area contributed by atoms with Crippen molar-refractivity contribution in [3.8, 4) is 0 Å². The molecular formula is C12H10ClF2N3. The Labute approximate surface area is 108 Å². The number of nitrogens with two attached hydrogens (primary N) is 1. The first-order chi connectivity index (χ1) is 8.61. The summed E-state index contributed by atoms with van der Waals surface area (Å²) >= 11 is 5.67. The average molecular weight is 270 g/mol. The monoisotopic (exact) mass is 269 g/mol. The van der Waals surface area contributed by atoms with E-state index < -0.39 is 17.7 Å². The van der Waals surface area contributed by atoms with Crippen LogP contribution in [-0.2, 0) is 0 Å². The fourth-order valence-corrected chi connectivity index (χ4v) is 1.77. The minimum atomic E-state index is -0.689. The number of benzene rings is 1. The summed E-state index contributed by atoms with van der Waals surface area (Å²) in [5, 5.41) is 0.314. The van der Waals surface area contributed by atoms with E-state index in [0.717, 1.165) is 18.2 Å². The van der Waals surface area contributed by atoms with Crippen LogP contribution in [0.1, 0.15) is 17.2 Å². The minimum absolute atomic E-state index is 0.113. The van der Waals surface area contributed by atoms with Gasteiger partial charge in [-0.15, -0.1) is 0 Å². The molecule has 18 heavy (non-hydrogen) atoms. The Bertz CT molecular complexity index is 546. The molecule has 3 N–H and O–H groups in total. The second-order valence-electron chi connectivity index (χ2n) is 3.68. The van der Waals surface area contributed by atoms with Gasteiger partial charge in [0.25, 0.3) is 0 Å². The Morgan fingerprint density at radius 3 is 2.61 bits per heavy atom. The molecule has 2 rings (SSSR count). The fraction of sp³-hybridized carbons (Fsp3) is 0.0833. The number of nitrogens with zero attached hydrogens (tertiary/aromatic N) is 1. The summed E-state index contributed by atoms with van der Waals surface area (Å²) in [6.07, 6.45) is 1.46. The summed E-state index contributed by atoms with van der Waals surface area (Å²) in [7, 11) is 0. The van der Waals surface area contributed by atoms with E-state index in [2.05, 4.69) is 10.4 Å². The summed E-state index contributed by atoms with van der Waals surface area (Å²) in [5.74, 6) is 4.31. The summed E-state index contributed by atoms with van der Waals surface area (Å²) in [6, 6.07) is 5.70. The molecule has 0 aliphatic rings. The molecule has 0 aliphatic heterocycles. The molecule has 1 aromatic heterocycles. The Morgan fingerprint density at radius 1 is 1.22 bits per heavy atom. The topological polar surface area (TPSA) is 50.9 Å². The van der Waals surface area contributed by atoms with Gasteiger partial charge in [-0.3, -0.25) is 5.84 Å². The SMILES string of the molecule is NNC(c1ccc(Cl)nc1)c1cc(F)ccc1F. The van der Waals surface area contributed by atoms with E-state index in [1.54, 1.807) is 12.1 Å². The molecule has 1 aromatic carbocycles. The molecule has 0 saturated carbocycles. The van der Waals surface area contributed by atoms with Crippen molar-refractivity contribution in [2.45, 2.75) is 6.04 Å². The van der Waals surface area contributed by atoms with E-state index >= 15 is 0 Å². The van der Waals surface area contributed by atoms with Gasteiger partial charge in [-0.2, -0.15) is 0 Å². The van der Waals surface area contributed by atoms with Crippen molar-refractivity contribution in [3.05, 3.63) is 64.4 Å². The van der Waals surface area contributed by atoms with Crippen molar-refractivity contribution in [2.24, 2.45) is 5.84 Å². The molecule has 1 atom stereocenters. The summed E-state index contributed by atoms with van der Waals surface area (Å²) in [5.41, 5.74) is 3.13. The van der Waals surface area contributed by atoms with Gasteiger partial charge in [-0.1, -0.05) is 17.7 Å². The predicted octanol–water partition coefficient (Wildman–Crippen LogP) is 2.57. The number of hydrogen-bond donors (Lipinski definition) is 2. The lowest BCUT2D eigenvalue weighted by Gasteiger charge is -2.17. The first-order valence-corrected chi connectivity index (χ1v) is 5.52. The lowest BCUT2D eigenvalue weighted by atomic mass is 10.0. The third-order valence-electron chi connectivity index (χ3n) is 2.52. The minimum Gasteiger partial charge on any atom is -0.271 e. The summed E-state index contributed by atoms with van der Waals surface area (Å²) in [4.78, 5) is 3.88. The molecule has 1 unspecified atom stereocenters. The Hall–Kier alpha value is -1.56. The smallest absolute Gasteiger partial charge is 0.129 e. The third kappa shape index (κ3) is 2.64. The van der Waals surface area contributed by atoms with Gasteiger partial charge < -0.3 is 0 Å². The molecule has 2 aromatic rings. The third-order valence-corrected chi connectivity index (χ3v) is 2.74. The van der Waals surface area contributed by atoms with Crippen LogP contribution >= 0.6 is 11.6 Å². The molecule has 0 amide bonds. The van der Waals surface area contributed by atoms with E-state index in [1.807, 2.05) is 0 Å². The number of hydrazine groups is 1. The lowest BCUT2D eigenvalue weighted by molar-refractivity contribution is 0.545. The lowest BCUT2D eigenvalue weighted by Crippen LogP contribution is -2.29. The highest BCUT2D eigenvalue weighted by Gasteiger charge is 2.17. The number of rotatable bonds is 3. The van der Waals surface area contributed by atoms with Gasteiger partial charge in [0, 0.05) is 11.8 Å². The van der Waals surface area contributed by atoms with Crippen LogP contribution in [0, 0.1) is 11.6 Å². The summed E-state index contributed by atoms with van der Waals surface area (Å²) in [6.45, 7) is 0. The Kier molecular flexibility index (Phi) is 3.86. The van der Waals surface area contributed by atoms with Gasteiger partial charge in [0.2, 0.25) is 0 Å². The van der Waals surface area contributed by atoms with Crippen LogP contribution in [0.15, 0.2) is 36.5 Å². The largest absolute Gasteiger partial charge is 0.271 e. The highest BCUT2D eigenvalue weighted by atomic mass is 35.5. The molecule has 3 nitrogen and oxygen atoms in total. The quantitative estimate of drug-likeness (QED) is 0.511. The van der Waals surface area contributed by atoms with Crippen LogP contribution in [0.25, 0.3) is 0 Å². The van der Waals surface area contributed by atoms with Crippen molar-refractivity contribution >= 4 is 11.6 Å². The van der Waals surface area contributed by atoms with Crippen LogP contribution in [0.2, 0.25) is 5.15 Å². The molecule has 0 radical (unpaired) electrons. The summed E-state index contributed by atoms with van der Waals surface area (Å²) < 4.78 is 26.8. The van der Waals surface area contributed by atoms with E-state index in [4.69, 9.17) is 17.4 Å². The van der Waals surface area contributed by atoms with Gasteiger partial charge in [0.1, 0.15) is 16.8 Å². The maximum absolute atomic E-state index is 13.7. The molecule has 1 heterocycles. The standard InChI is InChI=1S/C12H10ClF2N3/c13-11-4-1-7(6-17-11)12(18-16)9-5-8(14)2-3-10(9)15/h1-6,12,18H,16H2. The van der Waals surface area contributed by atoms with E-state index in [9.17, 15) is 8.78 Å². The van der Waals surface area contributed by atoms with Gasteiger partial charge in [-0.05, 0) is 29.8 Å². The second kappa shape index (κ2) is 5.39. The molecule has 0 saturated heterocycles. The van der Waals surface area contributed by atoms with Crippen molar-refractivity contribution in [2.75, 3.05) is 0 Å². The molecule has 6 heteroatoms. The molecular weight excluding hydrogens is 260 g/mol. The van der Waals surface area contributed by atoms with E-state index in [1.165, 1.54) is 6.20 Å². The number of nitrogens with one attached hydrogen (secondary N) is 1. The van der Waals surface area contributed by atoms with Gasteiger partial charge >= 0.3 is 0 Å². The van der Waals surface area contributed by atoms with Crippen LogP contribution in [0.5, 0.6) is 0 Å². The zero-order valence-corrected chi connectivity index (χ0v) is 9.96. The maximum Gasteiger partial charge on any atom is 0.129 e. The van der Waals surface area contributed by atoms with Gasteiger partial charge in [-0.25, -0.2) is 19.2 Å². The van der Waals surface area contributed by atoms with Gasteiger partial charge in [0.05, 0.1) is 6.04 Å².